The Kier molecular flexibility index (Phi) is 3.43. The van der Waals surface area contributed by atoms with E-state index in [9.17, 15) is 5.11 Å². The highest BCUT2D eigenvalue weighted by Crippen LogP contribution is 2.30. The standard InChI is InChI=1S/C12H12Cl2N2O/c1-7-5-8(13)3-4-9(7)12(17)11-10(14)6-15-16(11)2/h3-6,12,17H,1-2H3. The third-order valence-electron chi connectivity index (χ3n) is 2.72. The minimum absolute atomic E-state index is 0.453. The average Bonchev–Trinajstić information content (AvgIpc) is 2.58. The summed E-state index contributed by atoms with van der Waals surface area (Å²) in [5.74, 6) is 0. The summed E-state index contributed by atoms with van der Waals surface area (Å²) >= 11 is 11.9. The molecule has 0 spiro atoms. The molecule has 0 saturated heterocycles. The molecule has 1 aromatic carbocycles. The van der Waals surface area contributed by atoms with Crippen molar-refractivity contribution in [2.45, 2.75) is 13.0 Å². The van der Waals surface area contributed by atoms with Gasteiger partial charge in [-0.05, 0) is 30.2 Å². The largest absolute Gasteiger partial charge is 0.382 e. The number of hydrogen-bond acceptors (Lipinski definition) is 2. The maximum absolute atomic E-state index is 10.3. The second-order valence-corrected chi connectivity index (χ2v) is 4.75. The fraction of sp³-hybridized carbons (Fsp3) is 0.250. The van der Waals surface area contributed by atoms with Crippen molar-refractivity contribution in [2.75, 3.05) is 0 Å². The minimum Gasteiger partial charge on any atom is -0.382 e. The monoisotopic (exact) mass is 270 g/mol. The molecule has 2 aromatic rings. The number of aromatic nitrogens is 2. The molecule has 5 heteroatoms. The van der Waals surface area contributed by atoms with Crippen LogP contribution in [0.25, 0.3) is 0 Å². The molecule has 0 radical (unpaired) electrons. The summed E-state index contributed by atoms with van der Waals surface area (Å²) in [6, 6.07) is 5.35. The van der Waals surface area contributed by atoms with Crippen molar-refractivity contribution in [3.63, 3.8) is 0 Å². The summed E-state index contributed by atoms with van der Waals surface area (Å²) in [5, 5.41) is 15.4. The van der Waals surface area contributed by atoms with E-state index in [1.165, 1.54) is 6.20 Å². The number of benzene rings is 1. The van der Waals surface area contributed by atoms with Crippen molar-refractivity contribution >= 4 is 23.2 Å². The molecule has 2 rings (SSSR count). The summed E-state index contributed by atoms with van der Waals surface area (Å²) in [7, 11) is 1.75. The molecular formula is C12H12Cl2N2O. The van der Waals surface area contributed by atoms with Gasteiger partial charge in [0.2, 0.25) is 0 Å². The number of halogens is 2. The van der Waals surface area contributed by atoms with E-state index in [4.69, 9.17) is 23.2 Å². The SMILES string of the molecule is Cc1cc(Cl)ccc1C(O)c1c(Cl)cnn1C. The van der Waals surface area contributed by atoms with E-state index in [2.05, 4.69) is 5.10 Å². The Hall–Kier alpha value is -1.03. The predicted octanol–water partition coefficient (Wildman–Crippen LogP) is 3.12. The summed E-state index contributed by atoms with van der Waals surface area (Å²) < 4.78 is 1.57. The van der Waals surface area contributed by atoms with Crippen LogP contribution in [0.3, 0.4) is 0 Å². The second-order valence-electron chi connectivity index (χ2n) is 3.90. The normalized spacial score (nSPS) is 12.8. The lowest BCUT2D eigenvalue weighted by molar-refractivity contribution is 0.209. The summed E-state index contributed by atoms with van der Waals surface area (Å²) in [6.45, 7) is 1.90. The molecule has 0 aliphatic heterocycles. The molecule has 0 aliphatic rings. The molecule has 0 fully saturated rings. The number of rotatable bonds is 2. The molecule has 1 atom stereocenters. The number of hydrogen-bond donors (Lipinski definition) is 1. The Labute approximate surface area is 110 Å². The van der Waals surface area contributed by atoms with Crippen LogP contribution >= 0.6 is 23.2 Å². The molecule has 1 aromatic heterocycles. The van der Waals surface area contributed by atoms with E-state index >= 15 is 0 Å². The predicted molar refractivity (Wildman–Crippen MR) is 68.5 cm³/mol. The van der Waals surface area contributed by atoms with Crippen LogP contribution in [0.2, 0.25) is 10.0 Å². The molecule has 1 unspecified atom stereocenters. The first kappa shape index (κ1) is 12.4. The van der Waals surface area contributed by atoms with Crippen molar-refractivity contribution < 1.29 is 5.11 Å². The van der Waals surface area contributed by atoms with E-state index in [1.807, 2.05) is 13.0 Å². The maximum atomic E-state index is 10.3. The molecule has 17 heavy (non-hydrogen) atoms. The van der Waals surface area contributed by atoms with Crippen molar-refractivity contribution in [3.8, 4) is 0 Å². The summed E-state index contributed by atoms with van der Waals surface area (Å²) in [5.41, 5.74) is 2.28. The Morgan fingerprint density at radius 1 is 1.35 bits per heavy atom. The first-order chi connectivity index (χ1) is 8.00. The third kappa shape index (κ3) is 2.32. The van der Waals surface area contributed by atoms with E-state index in [-0.39, 0.29) is 0 Å². The lowest BCUT2D eigenvalue weighted by atomic mass is 10.0. The van der Waals surface area contributed by atoms with E-state index < -0.39 is 6.10 Å². The van der Waals surface area contributed by atoms with Crippen molar-refractivity contribution in [3.05, 3.63) is 51.3 Å². The van der Waals surface area contributed by atoms with E-state index in [1.54, 1.807) is 23.9 Å². The van der Waals surface area contributed by atoms with Gasteiger partial charge in [0.05, 0.1) is 16.9 Å². The highest BCUT2D eigenvalue weighted by molar-refractivity contribution is 6.31. The lowest BCUT2D eigenvalue weighted by Gasteiger charge is -2.15. The van der Waals surface area contributed by atoms with Gasteiger partial charge in [-0.25, -0.2) is 0 Å². The van der Waals surface area contributed by atoms with Crippen molar-refractivity contribution in [2.24, 2.45) is 7.05 Å². The fourth-order valence-electron chi connectivity index (χ4n) is 1.82. The minimum atomic E-state index is -0.799. The van der Waals surface area contributed by atoms with Crippen molar-refractivity contribution in [1.29, 1.82) is 0 Å². The van der Waals surface area contributed by atoms with E-state index in [0.717, 1.165) is 11.1 Å². The van der Waals surface area contributed by atoms with Gasteiger partial charge in [-0.3, -0.25) is 4.68 Å². The molecule has 0 aliphatic carbocycles. The first-order valence-electron chi connectivity index (χ1n) is 5.12. The smallest absolute Gasteiger partial charge is 0.122 e. The van der Waals surface area contributed by atoms with Crippen LogP contribution in [0.4, 0.5) is 0 Å². The van der Waals surface area contributed by atoms with Gasteiger partial charge in [-0.15, -0.1) is 0 Å². The zero-order valence-corrected chi connectivity index (χ0v) is 11.0. The van der Waals surface area contributed by atoms with Gasteiger partial charge < -0.3 is 5.11 Å². The second kappa shape index (κ2) is 4.69. The Bertz CT molecular complexity index is 532. The molecule has 1 heterocycles. The molecule has 0 amide bonds. The highest BCUT2D eigenvalue weighted by Gasteiger charge is 2.19. The lowest BCUT2D eigenvalue weighted by Crippen LogP contribution is -2.08. The molecule has 90 valence electrons. The molecule has 0 bridgehead atoms. The van der Waals surface area contributed by atoms with Crippen molar-refractivity contribution in [1.82, 2.24) is 9.78 Å². The van der Waals surface area contributed by atoms with Gasteiger partial charge in [0, 0.05) is 12.1 Å². The number of aryl methyl sites for hydroxylation is 2. The van der Waals surface area contributed by atoms with Crippen LogP contribution in [0.15, 0.2) is 24.4 Å². The molecule has 3 nitrogen and oxygen atoms in total. The summed E-state index contributed by atoms with van der Waals surface area (Å²) in [4.78, 5) is 0. The molecule has 0 saturated carbocycles. The topological polar surface area (TPSA) is 38.1 Å². The zero-order valence-electron chi connectivity index (χ0n) is 9.48. The van der Waals surface area contributed by atoms with Gasteiger partial charge >= 0.3 is 0 Å². The van der Waals surface area contributed by atoms with Gasteiger partial charge in [-0.2, -0.15) is 5.10 Å². The van der Waals surface area contributed by atoms with Gasteiger partial charge in [0.15, 0.2) is 0 Å². The Morgan fingerprint density at radius 2 is 2.06 bits per heavy atom. The molecular weight excluding hydrogens is 259 g/mol. The maximum Gasteiger partial charge on any atom is 0.122 e. The summed E-state index contributed by atoms with van der Waals surface area (Å²) in [6.07, 6.45) is 0.720. The Morgan fingerprint density at radius 3 is 2.59 bits per heavy atom. The quantitative estimate of drug-likeness (QED) is 0.911. The van der Waals surface area contributed by atoms with Crippen LogP contribution in [-0.2, 0) is 7.05 Å². The van der Waals surface area contributed by atoms with Crippen LogP contribution in [-0.4, -0.2) is 14.9 Å². The third-order valence-corrected chi connectivity index (χ3v) is 3.25. The highest BCUT2D eigenvalue weighted by atomic mass is 35.5. The van der Waals surface area contributed by atoms with Crippen LogP contribution < -0.4 is 0 Å². The number of nitrogens with zero attached hydrogens (tertiary/aromatic N) is 2. The molecule has 1 N–H and O–H groups in total. The van der Waals surface area contributed by atoms with Gasteiger partial charge in [0.25, 0.3) is 0 Å². The first-order valence-corrected chi connectivity index (χ1v) is 5.88. The van der Waals surface area contributed by atoms with Crippen LogP contribution in [0, 0.1) is 6.92 Å². The van der Waals surface area contributed by atoms with E-state index in [0.29, 0.717) is 15.7 Å². The average molecular weight is 271 g/mol. The number of aliphatic hydroxyl groups excluding tert-OH is 1. The van der Waals surface area contributed by atoms with Gasteiger partial charge in [-0.1, -0.05) is 29.3 Å². The van der Waals surface area contributed by atoms with Crippen LogP contribution in [0.5, 0.6) is 0 Å². The van der Waals surface area contributed by atoms with Gasteiger partial charge in [0.1, 0.15) is 6.10 Å². The fourth-order valence-corrected chi connectivity index (χ4v) is 2.32. The zero-order chi connectivity index (χ0) is 12.6. The van der Waals surface area contributed by atoms with Crippen LogP contribution in [0.1, 0.15) is 22.9 Å². The number of aliphatic hydroxyl groups is 1. The Balaban J connectivity index is 2.47.